The molecule has 1 aliphatic heterocycles. The molecule has 2 aromatic carbocycles. The molecule has 198 valence electrons. The summed E-state index contributed by atoms with van der Waals surface area (Å²) in [7, 11) is 1.48. The minimum absolute atomic E-state index is 0.0985. The van der Waals surface area contributed by atoms with E-state index in [1.54, 1.807) is 54.4 Å². The highest BCUT2D eigenvalue weighted by atomic mass is 32.2. The molecule has 1 aliphatic rings. The van der Waals surface area contributed by atoms with E-state index >= 15 is 0 Å². The van der Waals surface area contributed by atoms with Gasteiger partial charge < -0.3 is 14.4 Å². The van der Waals surface area contributed by atoms with E-state index in [1.165, 1.54) is 19.5 Å². The van der Waals surface area contributed by atoms with E-state index < -0.39 is 4.92 Å². The molecule has 0 saturated carbocycles. The Bertz CT molecular complexity index is 1460. The Hall–Kier alpha value is -4.51. The van der Waals surface area contributed by atoms with Crippen molar-refractivity contribution in [1.82, 2.24) is 15.0 Å². The largest absolute Gasteiger partial charge is 0.497 e. The number of hydrogen-bond donors (Lipinski definition) is 0. The zero-order chi connectivity index (χ0) is 27.2. The van der Waals surface area contributed by atoms with Crippen LogP contribution in [0.2, 0.25) is 0 Å². The van der Waals surface area contributed by atoms with Gasteiger partial charge >= 0.3 is 11.6 Å². The monoisotopic (exact) mass is 543 g/mol. The lowest BCUT2D eigenvalue weighted by molar-refractivity contribution is -0.385. The van der Waals surface area contributed by atoms with E-state index in [2.05, 4.69) is 15.0 Å². The van der Waals surface area contributed by atoms with Crippen molar-refractivity contribution >= 4 is 29.1 Å². The van der Waals surface area contributed by atoms with Crippen LogP contribution < -0.4 is 14.4 Å². The molecular formula is C28H25N5O5S. The zero-order valence-corrected chi connectivity index (χ0v) is 21.9. The highest BCUT2D eigenvalue weighted by molar-refractivity contribution is 7.99. The van der Waals surface area contributed by atoms with Crippen LogP contribution in [0.4, 0.5) is 11.5 Å². The van der Waals surface area contributed by atoms with Crippen molar-refractivity contribution in [1.29, 1.82) is 0 Å². The Balaban J connectivity index is 1.41. The number of pyridine rings is 1. The highest BCUT2D eigenvalue weighted by Gasteiger charge is 2.32. The zero-order valence-electron chi connectivity index (χ0n) is 21.1. The predicted octanol–water partition coefficient (Wildman–Crippen LogP) is 5.57. The molecule has 0 unspecified atom stereocenters. The van der Waals surface area contributed by atoms with Gasteiger partial charge in [-0.05, 0) is 37.1 Å². The van der Waals surface area contributed by atoms with Crippen LogP contribution in [0, 0.1) is 10.1 Å². The molecule has 1 fully saturated rings. The second-order valence-electron chi connectivity index (χ2n) is 8.74. The molecule has 0 spiro atoms. The predicted molar refractivity (Wildman–Crippen MR) is 147 cm³/mol. The fourth-order valence-corrected chi connectivity index (χ4v) is 5.41. The van der Waals surface area contributed by atoms with E-state index in [4.69, 9.17) is 9.47 Å². The smallest absolute Gasteiger partial charge is 0.373 e. The lowest BCUT2D eigenvalue weighted by Crippen LogP contribution is -2.35. The number of carbonyl (C=O) groups excluding carboxylic acids is 1. The lowest BCUT2D eigenvalue weighted by Gasteiger charge is -2.31. The molecule has 1 saturated heterocycles. The standard InChI is InChI=1S/C28H25N5O5S/c1-37-20-10-11-22(26(34)19-7-3-2-4-8-19)23(17-20)38-28-25(33(35)36)27(30-18-31-28)32-15-12-21(13-16-32)39-24-9-5-6-14-29-24/h2-11,14,17-18,21H,12-13,15-16H2,1H3. The van der Waals surface area contributed by atoms with E-state index in [9.17, 15) is 14.9 Å². The lowest BCUT2D eigenvalue weighted by atomic mass is 10.0. The second-order valence-corrected chi connectivity index (χ2v) is 10.1. The first-order chi connectivity index (χ1) is 19.0. The third kappa shape index (κ3) is 5.99. The van der Waals surface area contributed by atoms with Gasteiger partial charge in [-0.15, -0.1) is 11.8 Å². The minimum Gasteiger partial charge on any atom is -0.497 e. The van der Waals surface area contributed by atoms with Crippen molar-refractivity contribution in [2.24, 2.45) is 0 Å². The van der Waals surface area contributed by atoms with E-state index in [1.807, 2.05) is 29.2 Å². The van der Waals surface area contributed by atoms with Gasteiger partial charge in [0.15, 0.2) is 5.78 Å². The summed E-state index contributed by atoms with van der Waals surface area (Å²) in [4.78, 5) is 39.6. The van der Waals surface area contributed by atoms with Gasteiger partial charge in [0.05, 0.1) is 22.6 Å². The van der Waals surface area contributed by atoms with Crippen LogP contribution in [0.5, 0.6) is 17.4 Å². The molecule has 11 heteroatoms. The van der Waals surface area contributed by atoms with Crippen LogP contribution in [0.15, 0.2) is 84.3 Å². The molecule has 0 amide bonds. The number of hydrogen-bond acceptors (Lipinski definition) is 10. The number of aromatic nitrogens is 3. The fraction of sp³-hybridized carbons (Fsp3) is 0.214. The Morgan fingerprint density at radius 1 is 1.03 bits per heavy atom. The highest BCUT2D eigenvalue weighted by Crippen LogP contribution is 2.40. The second kappa shape index (κ2) is 11.9. The van der Waals surface area contributed by atoms with Gasteiger partial charge in [-0.25, -0.2) is 9.97 Å². The molecule has 0 radical (unpaired) electrons. The summed E-state index contributed by atoms with van der Waals surface area (Å²) in [5, 5.41) is 13.6. The minimum atomic E-state index is -0.543. The Kier molecular flexibility index (Phi) is 7.97. The summed E-state index contributed by atoms with van der Waals surface area (Å²) in [6.07, 6.45) is 4.63. The van der Waals surface area contributed by atoms with E-state index in [0.717, 1.165) is 17.9 Å². The summed E-state index contributed by atoms with van der Waals surface area (Å²) in [6, 6.07) is 19.3. The first-order valence-corrected chi connectivity index (χ1v) is 13.2. The number of nitro groups is 1. The van der Waals surface area contributed by atoms with Crippen molar-refractivity contribution in [2.45, 2.75) is 23.1 Å². The number of ether oxygens (including phenoxy) is 2. The van der Waals surface area contributed by atoms with Crippen molar-refractivity contribution < 1.29 is 19.2 Å². The average Bonchev–Trinajstić information content (AvgIpc) is 2.98. The van der Waals surface area contributed by atoms with Gasteiger partial charge in [-0.3, -0.25) is 14.9 Å². The summed E-state index contributed by atoms with van der Waals surface area (Å²) in [5.41, 5.74) is 0.329. The maximum Gasteiger partial charge on any atom is 0.373 e. The Morgan fingerprint density at radius 3 is 2.49 bits per heavy atom. The Labute approximate surface area is 229 Å². The van der Waals surface area contributed by atoms with Gasteiger partial charge in [0.2, 0.25) is 5.82 Å². The van der Waals surface area contributed by atoms with Crippen molar-refractivity contribution in [2.75, 3.05) is 25.1 Å². The van der Waals surface area contributed by atoms with Crippen molar-refractivity contribution in [3.8, 4) is 17.4 Å². The quantitative estimate of drug-likeness (QED) is 0.150. The molecule has 2 aromatic heterocycles. The normalized spacial score (nSPS) is 13.6. The number of carbonyl (C=O) groups is 1. The summed E-state index contributed by atoms with van der Waals surface area (Å²) >= 11 is 1.71. The summed E-state index contributed by atoms with van der Waals surface area (Å²) in [6.45, 7) is 1.16. The van der Waals surface area contributed by atoms with Crippen LogP contribution >= 0.6 is 11.8 Å². The molecule has 0 N–H and O–H groups in total. The summed E-state index contributed by atoms with van der Waals surface area (Å²) < 4.78 is 11.3. The number of methoxy groups -OCH3 is 1. The molecule has 3 heterocycles. The topological polar surface area (TPSA) is 121 Å². The number of thioether (sulfide) groups is 1. The van der Waals surface area contributed by atoms with Gasteiger partial charge in [0, 0.05) is 36.2 Å². The van der Waals surface area contributed by atoms with Crippen LogP contribution in [-0.2, 0) is 0 Å². The number of rotatable bonds is 9. The number of anilines is 1. The molecule has 0 aliphatic carbocycles. The maximum absolute atomic E-state index is 13.2. The van der Waals surface area contributed by atoms with E-state index in [0.29, 0.717) is 29.7 Å². The first kappa shape index (κ1) is 26.1. The van der Waals surface area contributed by atoms with Gasteiger partial charge in [0.1, 0.15) is 17.8 Å². The SMILES string of the molecule is COc1ccc(C(=O)c2ccccc2)c(Oc2ncnc(N3CCC(Sc4ccccn4)CC3)c2[N+](=O)[O-])c1. The number of benzene rings is 2. The molecule has 5 rings (SSSR count). The van der Waals surface area contributed by atoms with Crippen LogP contribution in [-0.4, -0.2) is 51.1 Å². The third-order valence-electron chi connectivity index (χ3n) is 6.29. The molecule has 0 bridgehead atoms. The first-order valence-electron chi connectivity index (χ1n) is 12.3. The van der Waals surface area contributed by atoms with Gasteiger partial charge in [0.25, 0.3) is 0 Å². The number of piperidine rings is 1. The number of ketones is 1. The molecule has 0 atom stereocenters. The number of nitrogens with zero attached hydrogens (tertiary/aromatic N) is 5. The van der Waals surface area contributed by atoms with E-state index in [-0.39, 0.29) is 34.5 Å². The maximum atomic E-state index is 13.2. The van der Waals surface area contributed by atoms with Crippen LogP contribution in [0.3, 0.4) is 0 Å². The van der Waals surface area contributed by atoms with Crippen LogP contribution in [0.1, 0.15) is 28.8 Å². The third-order valence-corrected chi connectivity index (χ3v) is 7.58. The molecule has 4 aromatic rings. The van der Waals surface area contributed by atoms with Crippen molar-refractivity contribution in [3.05, 3.63) is 100 Å². The molecule has 10 nitrogen and oxygen atoms in total. The van der Waals surface area contributed by atoms with Crippen molar-refractivity contribution in [3.63, 3.8) is 0 Å². The molecule has 39 heavy (non-hydrogen) atoms. The fourth-order valence-electron chi connectivity index (χ4n) is 4.34. The molecular weight excluding hydrogens is 518 g/mol. The Morgan fingerprint density at radius 2 is 1.79 bits per heavy atom. The van der Waals surface area contributed by atoms with Gasteiger partial charge in [-0.1, -0.05) is 36.4 Å². The average molecular weight is 544 g/mol. The summed E-state index contributed by atoms with van der Waals surface area (Å²) in [5.74, 6) is 0.175. The van der Waals surface area contributed by atoms with Gasteiger partial charge in [-0.2, -0.15) is 4.98 Å². The van der Waals surface area contributed by atoms with Crippen LogP contribution in [0.25, 0.3) is 0 Å².